The van der Waals surface area contributed by atoms with Gasteiger partial charge in [-0.3, -0.25) is 10.1 Å². The highest BCUT2D eigenvalue weighted by Crippen LogP contribution is 2.60. The summed E-state index contributed by atoms with van der Waals surface area (Å²) in [7, 11) is 2.10. The maximum atomic E-state index is 12.8. The molecule has 0 radical (unpaired) electrons. The van der Waals surface area contributed by atoms with Crippen molar-refractivity contribution in [3.05, 3.63) is 23.3 Å². The second-order valence-corrected chi connectivity index (χ2v) is 8.55. The van der Waals surface area contributed by atoms with Gasteiger partial charge >= 0.3 is 0 Å². The van der Waals surface area contributed by atoms with Crippen molar-refractivity contribution >= 4 is 5.78 Å². The monoisotopic (exact) mass is 358 g/mol. The number of nitrogens with one attached hydrogen (secondary N) is 1. The van der Waals surface area contributed by atoms with Gasteiger partial charge in [0.1, 0.15) is 5.72 Å². The molecule has 0 aromatic heterocycles. The lowest BCUT2D eigenvalue weighted by Crippen LogP contribution is -2.71. The maximum absolute atomic E-state index is 12.8. The number of phenolic OH excluding ortho intramolecular Hbond substituents is 1. The lowest BCUT2D eigenvalue weighted by Gasteiger charge is -2.53. The van der Waals surface area contributed by atoms with Gasteiger partial charge in [-0.1, -0.05) is 6.07 Å². The average molecular weight is 358 g/mol. The van der Waals surface area contributed by atoms with Crippen LogP contribution in [0.4, 0.5) is 0 Å². The highest BCUT2D eigenvalue weighted by Gasteiger charge is 2.68. The first-order valence-electron chi connectivity index (χ1n) is 9.65. The number of hydrogen-bond donors (Lipinski definition) is 3. The van der Waals surface area contributed by atoms with Crippen molar-refractivity contribution in [2.24, 2.45) is 5.92 Å². The third-order valence-corrected chi connectivity index (χ3v) is 6.84. The van der Waals surface area contributed by atoms with Crippen molar-refractivity contribution in [1.29, 1.82) is 0 Å². The van der Waals surface area contributed by atoms with E-state index in [1.807, 2.05) is 6.07 Å². The molecule has 140 valence electrons. The number of carbonyl (C=O) groups is 1. The van der Waals surface area contributed by atoms with Crippen LogP contribution in [0, 0.1) is 5.92 Å². The zero-order chi connectivity index (χ0) is 18.1. The first-order chi connectivity index (χ1) is 12.4. The van der Waals surface area contributed by atoms with E-state index in [9.17, 15) is 15.0 Å². The van der Waals surface area contributed by atoms with Crippen LogP contribution in [0.5, 0.6) is 11.5 Å². The molecule has 4 aliphatic rings. The summed E-state index contributed by atoms with van der Waals surface area (Å²) < 4.78 is 6.02. The minimum absolute atomic E-state index is 0.0183. The Bertz CT molecular complexity index is 777. The topological polar surface area (TPSA) is 82.0 Å². The van der Waals surface area contributed by atoms with Crippen LogP contribution in [-0.4, -0.2) is 52.9 Å². The van der Waals surface area contributed by atoms with Crippen LogP contribution < -0.4 is 10.1 Å². The number of phenols is 1. The van der Waals surface area contributed by atoms with Crippen molar-refractivity contribution in [3.63, 3.8) is 0 Å². The Morgan fingerprint density at radius 2 is 2.19 bits per heavy atom. The molecule has 3 atom stereocenters. The van der Waals surface area contributed by atoms with Gasteiger partial charge in [0, 0.05) is 25.1 Å². The first-order valence-corrected chi connectivity index (χ1v) is 9.65. The van der Waals surface area contributed by atoms with E-state index in [1.54, 1.807) is 6.07 Å². The first kappa shape index (κ1) is 16.5. The highest BCUT2D eigenvalue weighted by atomic mass is 16.5. The fourth-order valence-electron chi connectivity index (χ4n) is 5.29. The molecule has 6 heteroatoms. The van der Waals surface area contributed by atoms with Crippen LogP contribution in [0.15, 0.2) is 12.1 Å². The second kappa shape index (κ2) is 5.44. The minimum atomic E-state index is -1.18. The van der Waals surface area contributed by atoms with Crippen LogP contribution in [0.1, 0.15) is 43.2 Å². The lowest BCUT2D eigenvalue weighted by atomic mass is 9.58. The molecule has 2 fully saturated rings. The molecular weight excluding hydrogens is 332 g/mol. The molecule has 5 rings (SSSR count). The molecule has 0 amide bonds. The van der Waals surface area contributed by atoms with Crippen molar-refractivity contribution in [2.45, 2.75) is 55.9 Å². The van der Waals surface area contributed by atoms with Crippen molar-refractivity contribution in [1.82, 2.24) is 10.2 Å². The Labute approximate surface area is 153 Å². The Kier molecular flexibility index (Phi) is 3.46. The zero-order valence-corrected chi connectivity index (χ0v) is 15.1. The standard InChI is InChI=1S/C20H26N2O4/c1-22(11-12-2-3-12)9-8-19-16-13-4-5-14(23)17(16)26-18(19)15(24)6-7-20(19,25)21-10-13/h4-5,12,18,21,23,25H,2-3,6-11H2,1H3/t18-,19-,20-/m0/s1. The molecule has 2 aliphatic carbocycles. The van der Waals surface area contributed by atoms with E-state index in [4.69, 9.17) is 4.74 Å². The summed E-state index contributed by atoms with van der Waals surface area (Å²) in [5, 5.41) is 25.2. The number of aromatic hydroxyl groups is 1. The number of hydrogen-bond acceptors (Lipinski definition) is 6. The molecule has 0 bridgehead atoms. The van der Waals surface area contributed by atoms with Gasteiger partial charge in [-0.2, -0.15) is 0 Å². The average Bonchev–Trinajstić information content (AvgIpc) is 3.34. The Morgan fingerprint density at radius 1 is 1.38 bits per heavy atom. The van der Waals surface area contributed by atoms with Crippen LogP contribution >= 0.6 is 0 Å². The molecule has 0 spiro atoms. The van der Waals surface area contributed by atoms with Crippen molar-refractivity contribution < 1.29 is 19.7 Å². The number of ether oxygens (including phenoxy) is 1. The van der Waals surface area contributed by atoms with Gasteiger partial charge in [0.2, 0.25) is 0 Å². The SMILES string of the molecule is CN(CC[C@]12c3c4ccc(O)c3O[C@H]1C(=O)CC[C@@]2(O)NC4)CC1CC1. The van der Waals surface area contributed by atoms with Gasteiger partial charge in [-0.15, -0.1) is 0 Å². The molecule has 0 saturated heterocycles. The Morgan fingerprint density at radius 3 is 2.96 bits per heavy atom. The summed E-state index contributed by atoms with van der Waals surface area (Å²) in [6, 6.07) is 3.50. The van der Waals surface area contributed by atoms with E-state index in [1.165, 1.54) is 12.8 Å². The van der Waals surface area contributed by atoms with E-state index in [-0.39, 0.29) is 18.0 Å². The van der Waals surface area contributed by atoms with Gasteiger partial charge in [-0.25, -0.2) is 0 Å². The number of benzene rings is 1. The quantitative estimate of drug-likeness (QED) is 0.736. The zero-order valence-electron chi connectivity index (χ0n) is 15.1. The van der Waals surface area contributed by atoms with Gasteiger partial charge in [0.15, 0.2) is 23.4 Å². The summed E-state index contributed by atoms with van der Waals surface area (Å²) >= 11 is 0. The molecule has 2 aliphatic heterocycles. The van der Waals surface area contributed by atoms with Crippen molar-refractivity contribution in [2.75, 3.05) is 20.1 Å². The molecule has 0 unspecified atom stereocenters. The molecule has 1 aromatic carbocycles. The number of carbonyl (C=O) groups excluding carboxylic acids is 1. The third kappa shape index (κ3) is 2.12. The predicted octanol–water partition coefficient (Wildman–Crippen LogP) is 1.28. The van der Waals surface area contributed by atoms with E-state index < -0.39 is 17.2 Å². The van der Waals surface area contributed by atoms with Gasteiger partial charge in [0.05, 0.1) is 5.41 Å². The van der Waals surface area contributed by atoms with Gasteiger partial charge in [-0.05, 0) is 56.8 Å². The molecule has 1 aromatic rings. The molecule has 6 nitrogen and oxygen atoms in total. The number of aliphatic hydroxyl groups is 1. The summed E-state index contributed by atoms with van der Waals surface area (Å²) in [4.78, 5) is 15.1. The largest absolute Gasteiger partial charge is 0.504 e. The van der Waals surface area contributed by atoms with E-state index in [2.05, 4.69) is 17.3 Å². The summed E-state index contributed by atoms with van der Waals surface area (Å²) in [5.74, 6) is 1.26. The minimum Gasteiger partial charge on any atom is -0.504 e. The fraction of sp³-hybridized carbons (Fsp3) is 0.650. The predicted molar refractivity (Wildman–Crippen MR) is 95.1 cm³/mol. The van der Waals surface area contributed by atoms with Crippen LogP contribution in [0.25, 0.3) is 0 Å². The number of rotatable bonds is 5. The fourth-order valence-corrected chi connectivity index (χ4v) is 5.29. The summed E-state index contributed by atoms with van der Waals surface area (Å²) in [6.07, 6.45) is 3.16. The molecule has 2 saturated carbocycles. The highest BCUT2D eigenvalue weighted by molar-refractivity contribution is 5.89. The van der Waals surface area contributed by atoms with Crippen molar-refractivity contribution in [3.8, 4) is 11.5 Å². The van der Waals surface area contributed by atoms with Crippen LogP contribution in [0.3, 0.4) is 0 Å². The van der Waals surface area contributed by atoms with Crippen LogP contribution in [0.2, 0.25) is 0 Å². The molecule has 26 heavy (non-hydrogen) atoms. The smallest absolute Gasteiger partial charge is 0.174 e. The number of nitrogens with zero attached hydrogens (tertiary/aromatic N) is 1. The van der Waals surface area contributed by atoms with E-state index in [0.29, 0.717) is 25.1 Å². The molecule has 2 heterocycles. The second-order valence-electron chi connectivity index (χ2n) is 8.55. The Balaban J connectivity index is 1.59. The number of ketones is 1. The third-order valence-electron chi connectivity index (χ3n) is 6.84. The van der Waals surface area contributed by atoms with Gasteiger partial charge in [0.25, 0.3) is 0 Å². The van der Waals surface area contributed by atoms with Crippen LogP contribution in [-0.2, 0) is 16.8 Å². The summed E-state index contributed by atoms with van der Waals surface area (Å²) in [5.41, 5.74) is -0.166. The molecule has 3 N–H and O–H groups in total. The number of Topliss-reactive ketones (excluding diaryl/α,β-unsaturated/α-hetero) is 1. The van der Waals surface area contributed by atoms with E-state index >= 15 is 0 Å². The normalized spacial score (nSPS) is 34.7. The molecular formula is C20H26N2O4. The maximum Gasteiger partial charge on any atom is 0.174 e. The Hall–Kier alpha value is -1.63. The van der Waals surface area contributed by atoms with E-state index in [0.717, 1.165) is 30.1 Å². The van der Waals surface area contributed by atoms with Gasteiger partial charge < -0.3 is 19.8 Å². The summed E-state index contributed by atoms with van der Waals surface area (Å²) in [6.45, 7) is 2.35. The lowest BCUT2D eigenvalue weighted by molar-refractivity contribution is -0.161.